The Balaban J connectivity index is 1.79. The van der Waals surface area contributed by atoms with Crippen molar-refractivity contribution in [3.05, 3.63) is 64.7 Å². The molecule has 1 amide bonds. The normalized spacial score (nSPS) is 17.0. The molecule has 0 saturated heterocycles. The van der Waals surface area contributed by atoms with E-state index in [1.807, 2.05) is 18.2 Å². The third-order valence-corrected chi connectivity index (χ3v) is 6.37. The van der Waals surface area contributed by atoms with E-state index in [1.54, 1.807) is 6.26 Å². The number of rotatable bonds is 8. The van der Waals surface area contributed by atoms with Gasteiger partial charge in [-0.15, -0.1) is 0 Å². The van der Waals surface area contributed by atoms with Crippen molar-refractivity contribution in [1.29, 1.82) is 0 Å². The molecule has 0 fully saturated rings. The number of fused-ring (bicyclic) bond motifs is 1. The fourth-order valence-corrected chi connectivity index (χ4v) is 4.47. The van der Waals surface area contributed by atoms with E-state index >= 15 is 0 Å². The zero-order valence-corrected chi connectivity index (χ0v) is 19.8. The summed E-state index contributed by atoms with van der Waals surface area (Å²) in [5.74, 6) is 0.777. The molecule has 1 N–H and O–H groups in total. The van der Waals surface area contributed by atoms with Gasteiger partial charge < -0.3 is 9.73 Å². The standard InChI is InChI=1S/C28H37NO2/c1-6-7-8-16-29-27(30)22-12-13-23-19-31-26(24(23)18-22)17-20(2)11-14-25-21(3)10-9-15-28(25,4)5/h11-14,17-19H,6-10,15-16H2,1-5H3,(H,29,30). The van der Waals surface area contributed by atoms with Gasteiger partial charge in [0.05, 0.1) is 6.26 Å². The lowest BCUT2D eigenvalue weighted by molar-refractivity contribution is 0.0953. The molecule has 2 aromatic rings. The largest absolute Gasteiger partial charge is 0.464 e. The van der Waals surface area contributed by atoms with E-state index in [0.717, 1.165) is 47.9 Å². The van der Waals surface area contributed by atoms with Crippen molar-refractivity contribution in [2.75, 3.05) is 6.54 Å². The van der Waals surface area contributed by atoms with E-state index in [4.69, 9.17) is 4.42 Å². The van der Waals surface area contributed by atoms with Crippen LogP contribution in [0.1, 0.15) is 89.3 Å². The fraction of sp³-hybridized carbons (Fsp3) is 0.464. The van der Waals surface area contributed by atoms with Crippen LogP contribution in [-0.2, 0) is 0 Å². The minimum Gasteiger partial charge on any atom is -0.464 e. The molecule has 166 valence electrons. The molecule has 1 aromatic carbocycles. The Labute approximate surface area is 187 Å². The Bertz CT molecular complexity index is 1020. The Morgan fingerprint density at radius 2 is 2.06 bits per heavy atom. The second-order valence-corrected chi connectivity index (χ2v) is 9.52. The van der Waals surface area contributed by atoms with Gasteiger partial charge in [-0.3, -0.25) is 4.79 Å². The molecule has 0 radical (unpaired) electrons. The number of carbonyl (C=O) groups excluding carboxylic acids is 1. The molecular weight excluding hydrogens is 382 g/mol. The van der Waals surface area contributed by atoms with Crippen LogP contribution in [0.25, 0.3) is 16.8 Å². The number of furan rings is 1. The first-order chi connectivity index (χ1) is 14.8. The number of allylic oxidation sites excluding steroid dienone is 5. The zero-order valence-electron chi connectivity index (χ0n) is 19.8. The van der Waals surface area contributed by atoms with Crippen molar-refractivity contribution in [3.63, 3.8) is 0 Å². The lowest BCUT2D eigenvalue weighted by Crippen LogP contribution is -2.24. The van der Waals surface area contributed by atoms with Crippen molar-refractivity contribution in [2.24, 2.45) is 5.41 Å². The molecule has 0 atom stereocenters. The minimum atomic E-state index is -0.0207. The first-order valence-electron chi connectivity index (χ1n) is 11.7. The Hall–Kier alpha value is -2.55. The summed E-state index contributed by atoms with van der Waals surface area (Å²) < 4.78 is 5.83. The molecule has 1 aliphatic rings. The van der Waals surface area contributed by atoms with Crippen LogP contribution >= 0.6 is 0 Å². The lowest BCUT2D eigenvalue weighted by Gasteiger charge is -2.32. The van der Waals surface area contributed by atoms with Gasteiger partial charge in [-0.05, 0) is 74.3 Å². The predicted molar refractivity (Wildman–Crippen MR) is 131 cm³/mol. The summed E-state index contributed by atoms with van der Waals surface area (Å²) in [6.07, 6.45) is 15.3. The van der Waals surface area contributed by atoms with Crippen LogP contribution in [-0.4, -0.2) is 12.5 Å². The minimum absolute atomic E-state index is 0.0207. The first kappa shape index (κ1) is 23.1. The second kappa shape index (κ2) is 10.2. The highest BCUT2D eigenvalue weighted by Gasteiger charge is 2.26. The number of nitrogens with one attached hydrogen (secondary N) is 1. The lowest BCUT2D eigenvalue weighted by atomic mass is 9.72. The van der Waals surface area contributed by atoms with Gasteiger partial charge in [-0.1, -0.05) is 57.4 Å². The molecule has 0 saturated carbocycles. The van der Waals surface area contributed by atoms with E-state index in [1.165, 1.54) is 30.4 Å². The highest BCUT2D eigenvalue weighted by Crippen LogP contribution is 2.40. The third-order valence-electron chi connectivity index (χ3n) is 6.37. The highest BCUT2D eigenvalue weighted by atomic mass is 16.3. The molecule has 0 bridgehead atoms. The Kier molecular flexibility index (Phi) is 7.59. The number of benzene rings is 1. The maximum absolute atomic E-state index is 12.5. The smallest absolute Gasteiger partial charge is 0.251 e. The monoisotopic (exact) mass is 419 g/mol. The Morgan fingerprint density at radius 3 is 2.81 bits per heavy atom. The molecule has 0 aliphatic heterocycles. The van der Waals surface area contributed by atoms with Crippen LogP contribution in [0.2, 0.25) is 0 Å². The summed E-state index contributed by atoms with van der Waals surface area (Å²) >= 11 is 0. The summed E-state index contributed by atoms with van der Waals surface area (Å²) in [6.45, 7) is 11.9. The third kappa shape index (κ3) is 5.78. The fourth-order valence-electron chi connectivity index (χ4n) is 4.47. The maximum Gasteiger partial charge on any atom is 0.251 e. The number of amides is 1. The summed E-state index contributed by atoms with van der Waals surface area (Å²) in [4.78, 5) is 12.5. The van der Waals surface area contributed by atoms with Gasteiger partial charge in [0.1, 0.15) is 5.76 Å². The van der Waals surface area contributed by atoms with E-state index in [-0.39, 0.29) is 11.3 Å². The second-order valence-electron chi connectivity index (χ2n) is 9.52. The van der Waals surface area contributed by atoms with Gasteiger partial charge in [0, 0.05) is 22.9 Å². The van der Waals surface area contributed by atoms with E-state index in [9.17, 15) is 4.79 Å². The van der Waals surface area contributed by atoms with Gasteiger partial charge in [0.2, 0.25) is 0 Å². The predicted octanol–water partition coefficient (Wildman–Crippen LogP) is 7.84. The highest BCUT2D eigenvalue weighted by molar-refractivity contribution is 6.00. The van der Waals surface area contributed by atoms with Crippen LogP contribution in [0.4, 0.5) is 0 Å². The summed E-state index contributed by atoms with van der Waals surface area (Å²) in [5.41, 5.74) is 5.00. The average Bonchev–Trinajstić information content (AvgIpc) is 3.12. The average molecular weight is 420 g/mol. The Morgan fingerprint density at radius 1 is 1.26 bits per heavy atom. The van der Waals surface area contributed by atoms with Crippen molar-refractivity contribution < 1.29 is 9.21 Å². The summed E-state index contributed by atoms with van der Waals surface area (Å²) in [7, 11) is 0. The summed E-state index contributed by atoms with van der Waals surface area (Å²) in [5, 5.41) is 5.00. The quantitative estimate of drug-likeness (QED) is 0.350. The number of carbonyl (C=O) groups is 1. The van der Waals surface area contributed by atoms with E-state index in [0.29, 0.717) is 5.56 Å². The van der Waals surface area contributed by atoms with Crippen molar-refractivity contribution in [3.8, 4) is 0 Å². The maximum atomic E-state index is 12.5. The van der Waals surface area contributed by atoms with Gasteiger partial charge in [0.25, 0.3) is 5.91 Å². The van der Waals surface area contributed by atoms with Crippen LogP contribution < -0.4 is 5.32 Å². The van der Waals surface area contributed by atoms with Crippen LogP contribution in [0, 0.1) is 5.41 Å². The molecule has 1 aliphatic carbocycles. The van der Waals surface area contributed by atoms with Gasteiger partial charge in [-0.2, -0.15) is 0 Å². The van der Waals surface area contributed by atoms with Gasteiger partial charge in [0.15, 0.2) is 0 Å². The number of hydrogen-bond acceptors (Lipinski definition) is 2. The summed E-state index contributed by atoms with van der Waals surface area (Å²) in [6, 6.07) is 5.77. The van der Waals surface area contributed by atoms with Gasteiger partial charge >= 0.3 is 0 Å². The topological polar surface area (TPSA) is 42.2 Å². The molecule has 1 heterocycles. The van der Waals surface area contributed by atoms with Gasteiger partial charge in [-0.25, -0.2) is 0 Å². The van der Waals surface area contributed by atoms with Crippen LogP contribution in [0.15, 0.2) is 57.8 Å². The molecule has 3 rings (SSSR count). The molecule has 0 unspecified atom stereocenters. The molecule has 3 nitrogen and oxygen atoms in total. The molecule has 3 heteroatoms. The van der Waals surface area contributed by atoms with E-state index < -0.39 is 0 Å². The zero-order chi connectivity index (χ0) is 22.4. The molecular formula is C28H37NO2. The van der Waals surface area contributed by atoms with Crippen molar-refractivity contribution in [2.45, 2.75) is 73.1 Å². The molecule has 1 aromatic heterocycles. The SMILES string of the molecule is CCCCCNC(=O)c1ccc2coc(C=C(C)C=CC3=C(C)CCCC3(C)C)c2c1. The van der Waals surface area contributed by atoms with Crippen LogP contribution in [0.5, 0.6) is 0 Å². The molecule has 0 spiro atoms. The molecule has 31 heavy (non-hydrogen) atoms. The van der Waals surface area contributed by atoms with Crippen molar-refractivity contribution in [1.82, 2.24) is 5.32 Å². The number of hydrogen-bond donors (Lipinski definition) is 1. The van der Waals surface area contributed by atoms with Crippen LogP contribution in [0.3, 0.4) is 0 Å². The van der Waals surface area contributed by atoms with Crippen molar-refractivity contribution >= 4 is 22.8 Å². The van der Waals surface area contributed by atoms with E-state index in [2.05, 4.69) is 58.2 Å². The first-order valence-corrected chi connectivity index (χ1v) is 11.7. The number of unbranched alkanes of at least 4 members (excludes halogenated alkanes) is 2.